The van der Waals surface area contributed by atoms with Crippen molar-refractivity contribution < 1.29 is 27.8 Å². The Morgan fingerprint density at radius 1 is 1.21 bits per heavy atom. The van der Waals surface area contributed by atoms with Crippen LogP contribution in [0.4, 0.5) is 0 Å². The fourth-order valence-corrected chi connectivity index (χ4v) is 5.39. The molecular weight excluding hydrogens is 538 g/mol. The van der Waals surface area contributed by atoms with E-state index in [-0.39, 0.29) is 30.3 Å². The fourth-order valence-electron chi connectivity index (χ4n) is 4.21. The highest BCUT2D eigenvalue weighted by atomic mass is 32.2. The normalized spacial score (nSPS) is 15.4. The van der Waals surface area contributed by atoms with E-state index < -0.39 is 24.6 Å². The molecule has 39 heavy (non-hydrogen) atoms. The summed E-state index contributed by atoms with van der Waals surface area (Å²) in [7, 11) is 0.131. The Balaban J connectivity index is 1.44. The van der Waals surface area contributed by atoms with Gasteiger partial charge in [0.2, 0.25) is 16.9 Å². The third-order valence-corrected chi connectivity index (χ3v) is 9.12. The van der Waals surface area contributed by atoms with Crippen molar-refractivity contribution in [3.8, 4) is 28.5 Å². The lowest BCUT2D eigenvalue weighted by Gasteiger charge is -2.38. The molecule has 3 heterocycles. The van der Waals surface area contributed by atoms with Crippen molar-refractivity contribution in [2.24, 2.45) is 5.41 Å². The topological polar surface area (TPSA) is 141 Å². The second-order valence-corrected chi connectivity index (χ2v) is 17.4. The number of hydrogen-bond acceptors (Lipinski definition) is 10. The number of esters is 1. The second-order valence-electron chi connectivity index (χ2n) is 11.0. The van der Waals surface area contributed by atoms with Crippen molar-refractivity contribution in [1.82, 2.24) is 24.7 Å². The average Bonchev–Trinajstić information content (AvgIpc) is 3.30. The summed E-state index contributed by atoms with van der Waals surface area (Å²) in [6.07, 6.45) is 5.85. The number of nitrogens with zero attached hydrogens (tertiary/aromatic N) is 5. The van der Waals surface area contributed by atoms with E-state index >= 15 is 0 Å². The molecule has 0 aromatic carbocycles. The van der Waals surface area contributed by atoms with E-state index in [9.17, 15) is 13.6 Å². The molecule has 3 aromatic rings. The number of carbonyl (C=O) groups excluding carboxylic acids is 1. The number of aryl methyl sites for hydroxylation is 1. The number of methoxy groups -OCH3 is 1. The fraction of sp³-hybridized carbons (Fsp3) is 0.500. The quantitative estimate of drug-likeness (QED) is 0.135. The first kappa shape index (κ1) is 29.0. The van der Waals surface area contributed by atoms with Gasteiger partial charge >= 0.3 is 5.97 Å². The number of pyridine rings is 2. The van der Waals surface area contributed by atoms with E-state index in [1.807, 2.05) is 19.1 Å². The highest BCUT2D eigenvalue weighted by Crippen LogP contribution is 2.42. The second kappa shape index (κ2) is 12.0. The number of aromatic nitrogens is 5. The summed E-state index contributed by atoms with van der Waals surface area (Å²) in [5.41, 5.74) is 2.47. The monoisotopic (exact) mass is 572 g/mol. The van der Waals surface area contributed by atoms with Crippen LogP contribution in [0.15, 0.2) is 35.7 Å². The van der Waals surface area contributed by atoms with Gasteiger partial charge in [0, 0.05) is 55.3 Å². The highest BCUT2D eigenvalue weighted by molar-refractivity contribution is 7.79. The van der Waals surface area contributed by atoms with Crippen LogP contribution in [0.1, 0.15) is 24.8 Å². The summed E-state index contributed by atoms with van der Waals surface area (Å²) < 4.78 is 41.1. The van der Waals surface area contributed by atoms with E-state index in [4.69, 9.17) is 14.2 Å². The zero-order valence-electron chi connectivity index (χ0n) is 22.9. The van der Waals surface area contributed by atoms with Gasteiger partial charge in [-0.05, 0) is 37.4 Å². The minimum atomic E-state index is -2.57. The maximum absolute atomic E-state index is 12.1. The summed E-state index contributed by atoms with van der Waals surface area (Å²) in [5, 5.41) is 4.11. The molecule has 0 spiro atoms. The predicted octanol–water partition coefficient (Wildman–Crippen LogP) is 3.98. The van der Waals surface area contributed by atoms with Gasteiger partial charge in [-0.3, -0.25) is 14.0 Å². The summed E-state index contributed by atoms with van der Waals surface area (Å²) in [6.45, 7) is 9.45. The smallest absolute Gasteiger partial charge is 0.315 e. The van der Waals surface area contributed by atoms with E-state index in [0.29, 0.717) is 18.2 Å². The Morgan fingerprint density at radius 3 is 2.54 bits per heavy atom. The molecule has 0 N–H and O–H groups in total. The Bertz CT molecular complexity index is 1340. The molecule has 1 aliphatic rings. The van der Waals surface area contributed by atoms with Crippen molar-refractivity contribution in [1.29, 1.82) is 0 Å². The zero-order valence-corrected chi connectivity index (χ0v) is 24.7. The van der Waals surface area contributed by atoms with Crippen LogP contribution in [0, 0.1) is 12.3 Å². The van der Waals surface area contributed by atoms with Crippen molar-refractivity contribution >= 4 is 25.1 Å². The zero-order chi connectivity index (χ0) is 28.2. The summed E-state index contributed by atoms with van der Waals surface area (Å²) in [6, 6.07) is 6.38. The van der Waals surface area contributed by atoms with Crippen LogP contribution < -0.4 is 4.74 Å². The molecule has 11 nitrogen and oxygen atoms in total. The van der Waals surface area contributed by atoms with E-state index in [1.165, 1.54) is 11.8 Å². The molecule has 1 atom stereocenters. The van der Waals surface area contributed by atoms with Gasteiger partial charge in [0.1, 0.15) is 24.4 Å². The average molecular weight is 573 g/mol. The molecule has 0 radical (unpaired) electrons. The lowest BCUT2D eigenvalue weighted by atomic mass is 9.69. The predicted molar refractivity (Wildman–Crippen MR) is 146 cm³/mol. The lowest BCUT2D eigenvalue weighted by molar-refractivity contribution is -0.161. The molecular formula is C26H34N5O6SSi-. The molecule has 4 rings (SSSR count). The molecule has 0 saturated heterocycles. The van der Waals surface area contributed by atoms with Gasteiger partial charge in [-0.2, -0.15) is 4.98 Å². The van der Waals surface area contributed by atoms with Crippen molar-refractivity contribution in [3.05, 3.63) is 36.2 Å². The maximum Gasteiger partial charge on any atom is 0.315 e. The Kier molecular flexibility index (Phi) is 8.94. The molecule has 210 valence electrons. The van der Waals surface area contributed by atoms with Gasteiger partial charge < -0.3 is 18.8 Å². The number of ether oxygens (including phenoxy) is 3. The Labute approximate surface area is 231 Å². The van der Waals surface area contributed by atoms with Gasteiger partial charge in [0.15, 0.2) is 0 Å². The molecule has 1 aliphatic carbocycles. The number of rotatable bonds is 12. The Morgan fingerprint density at radius 2 is 1.97 bits per heavy atom. The molecule has 1 saturated carbocycles. The summed E-state index contributed by atoms with van der Waals surface area (Å²) >= 11 is -2.57. The molecule has 3 aromatic heterocycles. The third-order valence-electron chi connectivity index (χ3n) is 6.81. The van der Waals surface area contributed by atoms with Crippen LogP contribution in [-0.4, -0.2) is 67.9 Å². The van der Waals surface area contributed by atoms with Crippen LogP contribution in [0.2, 0.25) is 25.7 Å². The van der Waals surface area contributed by atoms with Gasteiger partial charge in [-0.1, -0.05) is 32.1 Å². The van der Waals surface area contributed by atoms with Crippen LogP contribution in [0.3, 0.4) is 0 Å². The first-order chi connectivity index (χ1) is 18.5. The van der Waals surface area contributed by atoms with E-state index in [1.54, 1.807) is 18.5 Å². The summed E-state index contributed by atoms with van der Waals surface area (Å²) in [5.74, 6) is 0.398. The maximum atomic E-state index is 12.1. The molecule has 0 aliphatic heterocycles. The molecule has 0 bridgehead atoms. The lowest BCUT2D eigenvalue weighted by Crippen LogP contribution is -2.44. The first-order valence-corrected chi connectivity index (χ1v) is 17.6. The minimum Gasteiger partial charge on any atom is -0.766 e. The molecule has 13 heteroatoms. The standard InChI is InChI=1S/C26H35N5O6SSi/c1-18-13-22(37-16-26(9-6-10-26)24(32)35-2)28-15-20(18)19-7-8-21(27-14-19)23-29-25(38(33)34)31(30-23)17-36-11-12-39(3,4)5/h7-8,13-15H,6,9-12,16-17H2,1-5H3,(H,33,34)/p-1. The summed E-state index contributed by atoms with van der Waals surface area (Å²) in [4.78, 5) is 25.2. The van der Waals surface area contributed by atoms with E-state index in [0.717, 1.165) is 42.0 Å². The third kappa shape index (κ3) is 6.96. The minimum absolute atomic E-state index is 0.00108. The largest absolute Gasteiger partial charge is 0.766 e. The van der Waals surface area contributed by atoms with E-state index in [2.05, 4.69) is 39.7 Å². The van der Waals surface area contributed by atoms with Gasteiger partial charge in [0.25, 0.3) is 0 Å². The first-order valence-electron chi connectivity index (χ1n) is 12.8. The van der Waals surface area contributed by atoms with Gasteiger partial charge in [-0.15, -0.1) is 5.10 Å². The Hall–Kier alpha value is -3.00. The SMILES string of the molecule is COC(=O)C1(COc2cc(C)c(-c3ccc(-c4nc(S(=O)[O-])n(COCC[Si](C)(C)C)n4)nc3)cn2)CCC1. The van der Waals surface area contributed by atoms with Crippen molar-refractivity contribution in [2.75, 3.05) is 20.3 Å². The van der Waals surface area contributed by atoms with Crippen LogP contribution in [-0.2, 0) is 32.1 Å². The van der Waals surface area contributed by atoms with Crippen molar-refractivity contribution in [2.45, 2.75) is 63.8 Å². The number of carbonyl (C=O) groups is 1. The van der Waals surface area contributed by atoms with Gasteiger partial charge in [-0.25, -0.2) is 9.67 Å². The molecule has 0 amide bonds. The van der Waals surface area contributed by atoms with Crippen LogP contribution in [0.25, 0.3) is 22.6 Å². The van der Waals surface area contributed by atoms with Crippen molar-refractivity contribution in [3.63, 3.8) is 0 Å². The highest BCUT2D eigenvalue weighted by Gasteiger charge is 2.46. The van der Waals surface area contributed by atoms with Gasteiger partial charge in [0.05, 0.1) is 7.11 Å². The number of hydrogen-bond donors (Lipinski definition) is 0. The molecule has 1 fully saturated rings. The molecule has 1 unspecified atom stereocenters. The van der Waals surface area contributed by atoms with Crippen LogP contribution in [0.5, 0.6) is 5.88 Å². The van der Waals surface area contributed by atoms with Crippen LogP contribution >= 0.6 is 0 Å².